The fourth-order valence-electron chi connectivity index (χ4n) is 1.86. The average molecular weight is 256 g/mol. The lowest BCUT2D eigenvalue weighted by Crippen LogP contribution is -2.40. The Morgan fingerprint density at radius 3 is 1.78 bits per heavy atom. The first-order valence-corrected chi connectivity index (χ1v) is 7.41. The van der Waals surface area contributed by atoms with Crippen LogP contribution in [0.3, 0.4) is 0 Å². The molecule has 1 unspecified atom stereocenters. The second-order valence-corrected chi connectivity index (χ2v) is 6.03. The highest BCUT2D eigenvalue weighted by Crippen LogP contribution is 2.12. The molecule has 0 heterocycles. The van der Waals surface area contributed by atoms with Crippen LogP contribution in [0.2, 0.25) is 0 Å². The van der Waals surface area contributed by atoms with Crippen molar-refractivity contribution in [3.8, 4) is 0 Å². The van der Waals surface area contributed by atoms with Gasteiger partial charge in [0.15, 0.2) is 0 Å². The summed E-state index contributed by atoms with van der Waals surface area (Å²) < 4.78 is 0. The molecule has 0 saturated carbocycles. The molecule has 0 aliphatic rings. The van der Waals surface area contributed by atoms with Crippen molar-refractivity contribution in [1.82, 2.24) is 4.90 Å². The van der Waals surface area contributed by atoms with E-state index in [4.69, 9.17) is 5.73 Å². The van der Waals surface area contributed by atoms with Crippen molar-refractivity contribution in [2.45, 2.75) is 53.9 Å². The van der Waals surface area contributed by atoms with Crippen LogP contribution in [0.15, 0.2) is 0 Å². The Labute approximate surface area is 113 Å². The van der Waals surface area contributed by atoms with E-state index in [1.165, 1.54) is 0 Å². The monoisotopic (exact) mass is 256 g/mol. The van der Waals surface area contributed by atoms with Gasteiger partial charge < -0.3 is 10.6 Å². The zero-order valence-corrected chi connectivity index (χ0v) is 12.9. The highest BCUT2D eigenvalue weighted by molar-refractivity contribution is 5.79. The Balaban J connectivity index is 4.46. The zero-order valence-electron chi connectivity index (χ0n) is 12.9. The molecule has 0 rings (SSSR count). The van der Waals surface area contributed by atoms with Crippen molar-refractivity contribution in [2.24, 2.45) is 23.5 Å². The van der Waals surface area contributed by atoms with E-state index < -0.39 is 0 Å². The number of hydrogen-bond donors (Lipinski definition) is 1. The van der Waals surface area contributed by atoms with Gasteiger partial charge in [-0.2, -0.15) is 0 Å². The van der Waals surface area contributed by atoms with E-state index in [9.17, 15) is 4.79 Å². The number of rotatable bonds is 9. The molecule has 18 heavy (non-hydrogen) atoms. The van der Waals surface area contributed by atoms with Crippen molar-refractivity contribution in [1.29, 1.82) is 0 Å². The van der Waals surface area contributed by atoms with E-state index in [0.29, 0.717) is 18.4 Å². The number of hydrogen-bond acceptors (Lipinski definition) is 2. The second kappa shape index (κ2) is 9.37. The Morgan fingerprint density at radius 1 is 1.06 bits per heavy atom. The summed E-state index contributed by atoms with van der Waals surface area (Å²) in [7, 11) is 0. The largest absolute Gasteiger partial charge is 0.342 e. The first-order chi connectivity index (χ1) is 8.42. The van der Waals surface area contributed by atoms with Gasteiger partial charge in [-0.3, -0.25) is 4.79 Å². The molecule has 0 aliphatic carbocycles. The van der Waals surface area contributed by atoms with Crippen LogP contribution in [0, 0.1) is 17.8 Å². The first kappa shape index (κ1) is 17.4. The summed E-state index contributed by atoms with van der Waals surface area (Å²) in [6, 6.07) is 0. The van der Waals surface area contributed by atoms with Crippen LogP contribution in [0.4, 0.5) is 0 Å². The number of amides is 1. The molecule has 108 valence electrons. The van der Waals surface area contributed by atoms with Crippen LogP contribution >= 0.6 is 0 Å². The van der Waals surface area contributed by atoms with Crippen molar-refractivity contribution in [2.75, 3.05) is 19.6 Å². The number of nitrogens with zero attached hydrogens (tertiary/aromatic N) is 1. The number of carbonyl (C=O) groups excluding carboxylic acids is 1. The molecule has 0 radical (unpaired) electrons. The number of nitrogens with two attached hydrogens (primary N) is 1. The molecule has 0 saturated heterocycles. The van der Waals surface area contributed by atoms with Gasteiger partial charge in [-0.15, -0.1) is 0 Å². The van der Waals surface area contributed by atoms with Crippen LogP contribution in [0.5, 0.6) is 0 Å². The Bertz CT molecular complexity index is 211. The van der Waals surface area contributed by atoms with Crippen LogP contribution in [0.25, 0.3) is 0 Å². The fraction of sp³-hybridized carbons (Fsp3) is 0.933. The van der Waals surface area contributed by atoms with E-state index in [-0.39, 0.29) is 11.8 Å². The SMILES string of the molecule is CCC(CN)C(=O)N(CCC(C)C)CCC(C)C. The molecular formula is C15H32N2O. The van der Waals surface area contributed by atoms with Crippen LogP contribution in [0.1, 0.15) is 53.9 Å². The van der Waals surface area contributed by atoms with Crippen molar-refractivity contribution < 1.29 is 4.79 Å². The minimum atomic E-state index is 0.00400. The summed E-state index contributed by atoms with van der Waals surface area (Å²) in [4.78, 5) is 14.4. The summed E-state index contributed by atoms with van der Waals surface area (Å²) in [5.74, 6) is 1.53. The average Bonchev–Trinajstić information content (AvgIpc) is 2.29. The summed E-state index contributed by atoms with van der Waals surface area (Å²) in [6.45, 7) is 13.1. The molecule has 0 fully saturated rings. The highest BCUT2D eigenvalue weighted by Gasteiger charge is 2.21. The van der Waals surface area contributed by atoms with E-state index in [0.717, 1.165) is 32.4 Å². The van der Waals surface area contributed by atoms with Crippen molar-refractivity contribution >= 4 is 5.91 Å². The van der Waals surface area contributed by atoms with E-state index >= 15 is 0 Å². The standard InChI is InChI=1S/C15H32N2O/c1-6-14(11-16)15(18)17(9-7-12(2)3)10-8-13(4)5/h12-14H,6-11,16H2,1-5H3. The smallest absolute Gasteiger partial charge is 0.226 e. The third kappa shape index (κ3) is 7.00. The maximum Gasteiger partial charge on any atom is 0.226 e. The molecule has 0 aromatic carbocycles. The molecule has 0 aromatic rings. The van der Waals surface area contributed by atoms with Crippen molar-refractivity contribution in [3.63, 3.8) is 0 Å². The van der Waals surface area contributed by atoms with Gasteiger partial charge >= 0.3 is 0 Å². The van der Waals surface area contributed by atoms with Gasteiger partial charge in [-0.05, 0) is 31.1 Å². The van der Waals surface area contributed by atoms with Gasteiger partial charge in [0.1, 0.15) is 0 Å². The molecule has 3 nitrogen and oxygen atoms in total. The van der Waals surface area contributed by atoms with E-state index in [2.05, 4.69) is 27.7 Å². The van der Waals surface area contributed by atoms with Gasteiger partial charge in [0, 0.05) is 19.6 Å². The fourth-order valence-corrected chi connectivity index (χ4v) is 1.86. The van der Waals surface area contributed by atoms with Crippen LogP contribution in [-0.4, -0.2) is 30.4 Å². The molecule has 0 bridgehead atoms. The first-order valence-electron chi connectivity index (χ1n) is 7.41. The summed E-state index contributed by atoms with van der Waals surface area (Å²) in [6.07, 6.45) is 2.99. The molecule has 1 amide bonds. The minimum Gasteiger partial charge on any atom is -0.342 e. The topological polar surface area (TPSA) is 46.3 Å². The lowest BCUT2D eigenvalue weighted by molar-refractivity contribution is -0.135. The van der Waals surface area contributed by atoms with E-state index in [1.54, 1.807) is 0 Å². The maximum absolute atomic E-state index is 12.4. The Morgan fingerprint density at radius 2 is 1.50 bits per heavy atom. The number of carbonyl (C=O) groups is 1. The second-order valence-electron chi connectivity index (χ2n) is 6.03. The van der Waals surface area contributed by atoms with E-state index in [1.807, 2.05) is 11.8 Å². The predicted octanol–water partition coefficient (Wildman–Crippen LogP) is 2.89. The minimum absolute atomic E-state index is 0.00400. The normalized spacial score (nSPS) is 13.1. The molecule has 2 N–H and O–H groups in total. The van der Waals surface area contributed by atoms with Crippen molar-refractivity contribution in [3.05, 3.63) is 0 Å². The molecule has 0 aliphatic heterocycles. The Kier molecular flexibility index (Phi) is 9.08. The molecule has 1 atom stereocenters. The van der Waals surface area contributed by atoms with Gasteiger partial charge in [0.25, 0.3) is 0 Å². The lowest BCUT2D eigenvalue weighted by Gasteiger charge is -2.28. The van der Waals surface area contributed by atoms with Gasteiger partial charge in [-0.1, -0.05) is 34.6 Å². The third-order valence-electron chi connectivity index (χ3n) is 3.39. The van der Waals surface area contributed by atoms with Crippen LogP contribution < -0.4 is 5.73 Å². The van der Waals surface area contributed by atoms with Gasteiger partial charge in [0.05, 0.1) is 5.92 Å². The molecule has 0 spiro atoms. The third-order valence-corrected chi connectivity index (χ3v) is 3.39. The van der Waals surface area contributed by atoms with Gasteiger partial charge in [0.2, 0.25) is 5.91 Å². The zero-order chi connectivity index (χ0) is 14.1. The quantitative estimate of drug-likeness (QED) is 0.689. The van der Waals surface area contributed by atoms with Gasteiger partial charge in [-0.25, -0.2) is 0 Å². The summed E-state index contributed by atoms with van der Waals surface area (Å²) >= 11 is 0. The lowest BCUT2D eigenvalue weighted by atomic mass is 10.0. The highest BCUT2D eigenvalue weighted by atomic mass is 16.2. The Hall–Kier alpha value is -0.570. The van der Waals surface area contributed by atoms with Crippen LogP contribution in [-0.2, 0) is 4.79 Å². The summed E-state index contributed by atoms with van der Waals surface area (Å²) in [5.41, 5.74) is 5.69. The summed E-state index contributed by atoms with van der Waals surface area (Å²) in [5, 5.41) is 0. The predicted molar refractivity (Wildman–Crippen MR) is 78.3 cm³/mol. The maximum atomic E-state index is 12.4. The molecular weight excluding hydrogens is 224 g/mol. The molecule has 3 heteroatoms. The molecule has 0 aromatic heterocycles.